The van der Waals surface area contributed by atoms with Gasteiger partial charge in [-0.05, 0) is 37.0 Å². The highest BCUT2D eigenvalue weighted by molar-refractivity contribution is 9.10. The minimum Gasteiger partial charge on any atom is -0.371 e. The summed E-state index contributed by atoms with van der Waals surface area (Å²) in [6, 6.07) is 6.92. The van der Waals surface area contributed by atoms with Gasteiger partial charge in [0.15, 0.2) is 0 Å². The molecule has 0 amide bonds. The van der Waals surface area contributed by atoms with E-state index in [1.807, 2.05) is 6.92 Å². The van der Waals surface area contributed by atoms with Crippen molar-refractivity contribution in [3.63, 3.8) is 0 Å². The molecule has 2 nitrogen and oxygen atoms in total. The van der Waals surface area contributed by atoms with Crippen LogP contribution < -0.4 is 10.6 Å². The Hall–Kier alpha value is -0.540. The van der Waals surface area contributed by atoms with Gasteiger partial charge in [0.1, 0.15) is 0 Å². The fraction of sp³-hybridized carbons (Fsp3) is 0.600. The maximum atomic E-state index is 5.93. The predicted molar refractivity (Wildman–Crippen MR) is 84.1 cm³/mol. The van der Waals surface area contributed by atoms with Gasteiger partial charge >= 0.3 is 0 Å². The molecule has 0 spiro atoms. The first kappa shape index (κ1) is 15.5. The number of nitrogens with two attached hydrogens (primary N) is 1. The molecule has 2 atom stereocenters. The largest absolute Gasteiger partial charge is 0.371 e. The number of anilines is 1. The maximum Gasteiger partial charge on any atom is 0.0377 e. The number of halogens is 1. The zero-order valence-electron chi connectivity index (χ0n) is 12.3. The Bertz CT molecular complexity index is 407. The lowest BCUT2D eigenvalue weighted by molar-refractivity contribution is 0.330. The second-order valence-electron chi connectivity index (χ2n) is 6.15. The number of hydrogen-bond donors (Lipinski definition) is 1. The van der Waals surface area contributed by atoms with Gasteiger partial charge in [-0.1, -0.05) is 42.8 Å². The van der Waals surface area contributed by atoms with Crippen LogP contribution in [0.4, 0.5) is 5.69 Å². The Kier molecular flexibility index (Phi) is 4.84. The summed E-state index contributed by atoms with van der Waals surface area (Å²) in [5.41, 5.74) is 8.54. The first-order chi connectivity index (χ1) is 8.14. The highest BCUT2D eigenvalue weighted by Crippen LogP contribution is 2.31. The molecule has 0 radical (unpaired) electrons. The van der Waals surface area contributed by atoms with Crippen LogP contribution in [0.2, 0.25) is 0 Å². The van der Waals surface area contributed by atoms with Gasteiger partial charge in [-0.2, -0.15) is 0 Å². The van der Waals surface area contributed by atoms with E-state index in [0.717, 1.165) is 10.0 Å². The minimum atomic E-state index is 0.0544. The van der Waals surface area contributed by atoms with E-state index >= 15 is 0 Å². The van der Waals surface area contributed by atoms with Gasteiger partial charge in [0.2, 0.25) is 0 Å². The SMILES string of the molecule is CC(N(C)c1ccc([C@@H](C)N)c(Br)c1)C(C)(C)C. The molecule has 18 heavy (non-hydrogen) atoms. The Labute approximate surface area is 120 Å². The Morgan fingerprint density at radius 1 is 1.22 bits per heavy atom. The van der Waals surface area contributed by atoms with Crippen molar-refractivity contribution in [3.8, 4) is 0 Å². The quantitative estimate of drug-likeness (QED) is 0.899. The van der Waals surface area contributed by atoms with E-state index in [9.17, 15) is 0 Å². The molecule has 1 aromatic rings. The molecular weight excluding hydrogens is 288 g/mol. The zero-order chi connectivity index (χ0) is 14.1. The Balaban J connectivity index is 3.02. The van der Waals surface area contributed by atoms with Crippen molar-refractivity contribution < 1.29 is 0 Å². The molecule has 0 aromatic heterocycles. The number of nitrogens with zero attached hydrogens (tertiary/aromatic N) is 1. The lowest BCUT2D eigenvalue weighted by Gasteiger charge is -2.37. The molecule has 0 aliphatic heterocycles. The second-order valence-corrected chi connectivity index (χ2v) is 7.00. The molecule has 1 aromatic carbocycles. The molecule has 0 fully saturated rings. The van der Waals surface area contributed by atoms with Gasteiger partial charge in [-0.15, -0.1) is 0 Å². The van der Waals surface area contributed by atoms with Crippen LogP contribution in [0.1, 0.15) is 46.2 Å². The van der Waals surface area contributed by atoms with Crippen molar-refractivity contribution in [1.82, 2.24) is 0 Å². The monoisotopic (exact) mass is 312 g/mol. The average molecular weight is 313 g/mol. The van der Waals surface area contributed by atoms with E-state index in [4.69, 9.17) is 5.73 Å². The third-order valence-electron chi connectivity index (χ3n) is 3.72. The summed E-state index contributed by atoms with van der Waals surface area (Å²) in [5, 5.41) is 0. The molecule has 0 aliphatic carbocycles. The van der Waals surface area contributed by atoms with Crippen molar-refractivity contribution in [2.24, 2.45) is 11.1 Å². The van der Waals surface area contributed by atoms with Crippen molar-refractivity contribution >= 4 is 21.6 Å². The van der Waals surface area contributed by atoms with Gasteiger partial charge < -0.3 is 10.6 Å². The Morgan fingerprint density at radius 2 is 1.78 bits per heavy atom. The van der Waals surface area contributed by atoms with Crippen LogP contribution >= 0.6 is 15.9 Å². The average Bonchev–Trinajstić information content (AvgIpc) is 2.25. The predicted octanol–water partition coefficient (Wildman–Crippen LogP) is 4.34. The molecule has 3 heteroatoms. The van der Waals surface area contributed by atoms with Gasteiger partial charge in [-0.25, -0.2) is 0 Å². The van der Waals surface area contributed by atoms with Gasteiger partial charge in [-0.3, -0.25) is 0 Å². The smallest absolute Gasteiger partial charge is 0.0377 e. The fourth-order valence-corrected chi connectivity index (χ4v) is 2.64. The second kappa shape index (κ2) is 5.62. The standard InChI is InChI=1S/C15H25BrN2/c1-10(17)13-8-7-12(9-14(13)16)18(6)11(2)15(3,4)5/h7-11H,17H2,1-6H3/t10-,11?/m1/s1. The van der Waals surface area contributed by atoms with E-state index in [0.29, 0.717) is 6.04 Å². The van der Waals surface area contributed by atoms with E-state index in [2.05, 4.69) is 73.8 Å². The van der Waals surface area contributed by atoms with Crippen molar-refractivity contribution in [2.75, 3.05) is 11.9 Å². The van der Waals surface area contributed by atoms with Gasteiger partial charge in [0, 0.05) is 29.3 Å². The highest BCUT2D eigenvalue weighted by Gasteiger charge is 2.24. The van der Waals surface area contributed by atoms with Gasteiger partial charge in [0.25, 0.3) is 0 Å². The normalized spacial score (nSPS) is 15.3. The van der Waals surface area contributed by atoms with Gasteiger partial charge in [0.05, 0.1) is 0 Å². The maximum absolute atomic E-state index is 5.93. The van der Waals surface area contributed by atoms with Crippen LogP contribution in [0.3, 0.4) is 0 Å². The fourth-order valence-electron chi connectivity index (χ4n) is 1.91. The van der Waals surface area contributed by atoms with Crippen LogP contribution in [0.15, 0.2) is 22.7 Å². The molecule has 1 unspecified atom stereocenters. The molecule has 2 N–H and O–H groups in total. The molecule has 0 saturated heterocycles. The van der Waals surface area contributed by atoms with Crippen LogP contribution in [-0.2, 0) is 0 Å². The van der Waals surface area contributed by atoms with Crippen LogP contribution in [-0.4, -0.2) is 13.1 Å². The minimum absolute atomic E-state index is 0.0544. The summed E-state index contributed by atoms with van der Waals surface area (Å²) in [6.07, 6.45) is 0. The Morgan fingerprint density at radius 3 is 2.17 bits per heavy atom. The zero-order valence-corrected chi connectivity index (χ0v) is 13.9. The summed E-state index contributed by atoms with van der Waals surface area (Å²) in [6.45, 7) is 11.0. The molecule has 0 bridgehead atoms. The van der Waals surface area contributed by atoms with E-state index in [-0.39, 0.29) is 11.5 Å². The lowest BCUT2D eigenvalue weighted by atomic mass is 9.87. The molecule has 1 rings (SSSR count). The number of rotatable bonds is 3. The van der Waals surface area contributed by atoms with E-state index in [1.165, 1.54) is 5.69 Å². The molecule has 102 valence electrons. The number of hydrogen-bond acceptors (Lipinski definition) is 2. The third kappa shape index (κ3) is 3.48. The molecule has 0 heterocycles. The topological polar surface area (TPSA) is 29.3 Å². The first-order valence-corrected chi connectivity index (χ1v) is 7.21. The van der Waals surface area contributed by atoms with Crippen molar-refractivity contribution in [1.29, 1.82) is 0 Å². The molecular formula is C15H25BrN2. The lowest BCUT2D eigenvalue weighted by Crippen LogP contribution is -2.39. The highest BCUT2D eigenvalue weighted by atomic mass is 79.9. The van der Waals surface area contributed by atoms with Crippen molar-refractivity contribution in [3.05, 3.63) is 28.2 Å². The summed E-state index contributed by atoms with van der Waals surface area (Å²) >= 11 is 3.61. The van der Waals surface area contributed by atoms with E-state index < -0.39 is 0 Å². The van der Waals surface area contributed by atoms with Crippen molar-refractivity contribution in [2.45, 2.75) is 46.7 Å². The van der Waals surface area contributed by atoms with Crippen LogP contribution in [0.5, 0.6) is 0 Å². The molecule has 0 aliphatic rings. The summed E-state index contributed by atoms with van der Waals surface area (Å²) < 4.78 is 1.09. The first-order valence-electron chi connectivity index (χ1n) is 6.42. The van der Waals surface area contributed by atoms with Crippen LogP contribution in [0, 0.1) is 5.41 Å². The third-order valence-corrected chi connectivity index (χ3v) is 4.40. The van der Waals surface area contributed by atoms with E-state index in [1.54, 1.807) is 0 Å². The number of benzene rings is 1. The molecule has 0 saturated carbocycles. The summed E-state index contributed by atoms with van der Waals surface area (Å²) in [5.74, 6) is 0. The van der Waals surface area contributed by atoms with Crippen LogP contribution in [0.25, 0.3) is 0 Å². The summed E-state index contributed by atoms with van der Waals surface area (Å²) in [4.78, 5) is 2.32. The summed E-state index contributed by atoms with van der Waals surface area (Å²) in [7, 11) is 2.14.